The van der Waals surface area contributed by atoms with Gasteiger partial charge in [-0.3, -0.25) is 9.69 Å². The summed E-state index contributed by atoms with van der Waals surface area (Å²) in [5, 5.41) is 0. The summed E-state index contributed by atoms with van der Waals surface area (Å²) in [4.78, 5) is 13.1. The first-order valence-electron chi connectivity index (χ1n) is 5.92. The van der Waals surface area contributed by atoms with Gasteiger partial charge in [0.2, 0.25) is 5.91 Å². The second kappa shape index (κ2) is 7.57. The molecule has 0 aliphatic carbocycles. The predicted molar refractivity (Wildman–Crippen MR) is 75.0 cm³/mol. The van der Waals surface area contributed by atoms with Crippen LogP contribution >= 0.6 is 15.9 Å². The van der Waals surface area contributed by atoms with E-state index >= 15 is 0 Å². The van der Waals surface area contributed by atoms with Gasteiger partial charge in [0, 0.05) is 30.2 Å². The Labute approximate surface area is 120 Å². The monoisotopic (exact) mass is 332 g/mol. The third-order valence-corrected chi connectivity index (χ3v) is 3.42. The van der Waals surface area contributed by atoms with Crippen LogP contribution in [-0.4, -0.2) is 37.1 Å². The summed E-state index contributed by atoms with van der Waals surface area (Å²) in [5.74, 6) is -0.742. The Morgan fingerprint density at radius 2 is 2.26 bits per heavy atom. The van der Waals surface area contributed by atoms with E-state index in [2.05, 4.69) is 15.9 Å². The van der Waals surface area contributed by atoms with Crippen LogP contribution in [0, 0.1) is 5.82 Å². The molecule has 106 valence electrons. The van der Waals surface area contributed by atoms with E-state index in [1.807, 2.05) is 0 Å². The number of benzene rings is 1. The average Bonchev–Trinajstić information content (AvgIpc) is 2.37. The summed E-state index contributed by atoms with van der Waals surface area (Å²) in [6.45, 7) is 2.96. The van der Waals surface area contributed by atoms with Crippen molar-refractivity contribution in [2.75, 3.05) is 20.3 Å². The molecule has 1 amide bonds. The third-order valence-electron chi connectivity index (χ3n) is 2.92. The van der Waals surface area contributed by atoms with Crippen molar-refractivity contribution in [3.8, 4) is 0 Å². The topological polar surface area (TPSA) is 55.6 Å². The molecule has 1 atom stereocenters. The maximum Gasteiger partial charge on any atom is 0.234 e. The summed E-state index contributed by atoms with van der Waals surface area (Å²) >= 11 is 3.30. The first-order chi connectivity index (χ1) is 8.95. The number of rotatable bonds is 7. The van der Waals surface area contributed by atoms with E-state index in [0.29, 0.717) is 25.3 Å². The maximum absolute atomic E-state index is 13.7. The second-order valence-electron chi connectivity index (χ2n) is 4.28. The largest absolute Gasteiger partial charge is 0.383 e. The molecule has 0 saturated carbocycles. The highest BCUT2D eigenvalue weighted by Gasteiger charge is 2.20. The minimum Gasteiger partial charge on any atom is -0.383 e. The van der Waals surface area contributed by atoms with E-state index in [1.54, 1.807) is 31.1 Å². The zero-order valence-corrected chi connectivity index (χ0v) is 12.6. The minimum atomic E-state index is -0.478. The van der Waals surface area contributed by atoms with Gasteiger partial charge in [-0.2, -0.15) is 0 Å². The highest BCUT2D eigenvalue weighted by molar-refractivity contribution is 9.10. The number of carbonyl (C=O) groups is 1. The molecule has 19 heavy (non-hydrogen) atoms. The molecule has 0 spiro atoms. The van der Waals surface area contributed by atoms with Gasteiger partial charge in [0.1, 0.15) is 5.82 Å². The van der Waals surface area contributed by atoms with Gasteiger partial charge in [0.05, 0.1) is 12.6 Å². The Morgan fingerprint density at radius 1 is 1.58 bits per heavy atom. The maximum atomic E-state index is 13.7. The fourth-order valence-corrected chi connectivity index (χ4v) is 2.09. The van der Waals surface area contributed by atoms with Crippen LogP contribution in [0.3, 0.4) is 0 Å². The first-order valence-corrected chi connectivity index (χ1v) is 6.71. The van der Waals surface area contributed by atoms with Crippen LogP contribution < -0.4 is 5.73 Å². The van der Waals surface area contributed by atoms with Crippen LogP contribution in [0.1, 0.15) is 12.5 Å². The van der Waals surface area contributed by atoms with E-state index in [0.717, 1.165) is 4.47 Å². The van der Waals surface area contributed by atoms with E-state index < -0.39 is 11.9 Å². The van der Waals surface area contributed by atoms with Gasteiger partial charge in [-0.1, -0.05) is 15.9 Å². The van der Waals surface area contributed by atoms with Crippen LogP contribution in [0.2, 0.25) is 0 Å². The molecule has 0 saturated heterocycles. The zero-order valence-electron chi connectivity index (χ0n) is 11.0. The molecule has 0 aliphatic rings. The van der Waals surface area contributed by atoms with Gasteiger partial charge in [0.25, 0.3) is 0 Å². The summed E-state index contributed by atoms with van der Waals surface area (Å²) < 4.78 is 19.5. The fraction of sp³-hybridized carbons (Fsp3) is 0.462. The summed E-state index contributed by atoms with van der Waals surface area (Å²) in [6.07, 6.45) is 0. The Hall–Kier alpha value is -0.980. The van der Waals surface area contributed by atoms with Gasteiger partial charge in [-0.05, 0) is 25.1 Å². The number of amides is 1. The summed E-state index contributed by atoms with van der Waals surface area (Å²) in [7, 11) is 1.58. The summed E-state index contributed by atoms with van der Waals surface area (Å²) in [6, 6.07) is 4.25. The van der Waals surface area contributed by atoms with E-state index in [-0.39, 0.29) is 5.82 Å². The predicted octanol–water partition coefficient (Wildman–Crippen LogP) is 1.91. The van der Waals surface area contributed by atoms with Crippen molar-refractivity contribution in [3.63, 3.8) is 0 Å². The Balaban J connectivity index is 2.86. The number of halogens is 2. The van der Waals surface area contributed by atoms with Gasteiger partial charge in [-0.15, -0.1) is 0 Å². The number of hydrogen-bond acceptors (Lipinski definition) is 3. The number of methoxy groups -OCH3 is 1. The van der Waals surface area contributed by atoms with Crippen LogP contribution in [0.4, 0.5) is 4.39 Å². The lowest BCUT2D eigenvalue weighted by Gasteiger charge is -2.26. The molecular weight excluding hydrogens is 315 g/mol. The SMILES string of the molecule is COCCN(Cc1cc(Br)ccc1F)C(C)C(N)=O. The van der Waals surface area contributed by atoms with Crippen molar-refractivity contribution in [2.45, 2.75) is 19.5 Å². The van der Waals surface area contributed by atoms with Gasteiger partial charge < -0.3 is 10.5 Å². The Morgan fingerprint density at radius 3 is 2.84 bits per heavy atom. The molecule has 2 N–H and O–H groups in total. The number of primary amides is 1. The van der Waals surface area contributed by atoms with Crippen LogP contribution in [0.5, 0.6) is 0 Å². The van der Waals surface area contributed by atoms with Crippen molar-refractivity contribution in [1.82, 2.24) is 4.90 Å². The molecule has 0 aliphatic heterocycles. The highest BCUT2D eigenvalue weighted by atomic mass is 79.9. The lowest BCUT2D eigenvalue weighted by Crippen LogP contribution is -2.43. The number of hydrogen-bond donors (Lipinski definition) is 1. The average molecular weight is 333 g/mol. The Bertz CT molecular complexity index is 443. The molecule has 1 aromatic carbocycles. The lowest BCUT2D eigenvalue weighted by molar-refractivity contribution is -0.123. The number of carbonyl (C=O) groups excluding carboxylic acids is 1. The number of nitrogens with two attached hydrogens (primary N) is 1. The zero-order chi connectivity index (χ0) is 14.4. The quantitative estimate of drug-likeness (QED) is 0.829. The lowest BCUT2D eigenvalue weighted by atomic mass is 10.1. The van der Waals surface area contributed by atoms with Gasteiger partial charge >= 0.3 is 0 Å². The number of ether oxygens (including phenoxy) is 1. The Kier molecular flexibility index (Phi) is 6.41. The molecule has 6 heteroatoms. The van der Waals surface area contributed by atoms with Crippen molar-refractivity contribution >= 4 is 21.8 Å². The minimum absolute atomic E-state index is 0.303. The first kappa shape index (κ1) is 16.1. The third kappa shape index (κ3) is 4.89. The molecule has 0 fully saturated rings. The van der Waals surface area contributed by atoms with E-state index in [9.17, 15) is 9.18 Å². The molecule has 1 aromatic rings. The standard InChI is InChI=1S/C13H18BrFN2O2/c1-9(13(16)18)17(5-6-19-2)8-10-7-11(14)3-4-12(10)15/h3-4,7,9H,5-6,8H2,1-2H3,(H2,16,18). The van der Waals surface area contributed by atoms with Crippen LogP contribution in [0.15, 0.2) is 22.7 Å². The molecule has 1 unspecified atom stereocenters. The van der Waals surface area contributed by atoms with Crippen LogP contribution in [-0.2, 0) is 16.1 Å². The summed E-state index contributed by atoms with van der Waals surface area (Å²) in [5.41, 5.74) is 5.82. The molecule has 4 nitrogen and oxygen atoms in total. The van der Waals surface area contributed by atoms with E-state index in [1.165, 1.54) is 6.07 Å². The van der Waals surface area contributed by atoms with Crippen molar-refractivity contribution in [3.05, 3.63) is 34.1 Å². The highest BCUT2D eigenvalue weighted by Crippen LogP contribution is 2.18. The van der Waals surface area contributed by atoms with Crippen LogP contribution in [0.25, 0.3) is 0 Å². The van der Waals surface area contributed by atoms with Crippen molar-refractivity contribution in [2.24, 2.45) is 5.73 Å². The molecular formula is C13H18BrFN2O2. The fourth-order valence-electron chi connectivity index (χ4n) is 1.68. The smallest absolute Gasteiger partial charge is 0.234 e. The van der Waals surface area contributed by atoms with Crippen molar-refractivity contribution < 1.29 is 13.9 Å². The normalized spacial score (nSPS) is 12.7. The molecule has 0 bridgehead atoms. The molecule has 0 radical (unpaired) electrons. The second-order valence-corrected chi connectivity index (χ2v) is 5.19. The molecule has 0 heterocycles. The van der Waals surface area contributed by atoms with Crippen molar-refractivity contribution in [1.29, 1.82) is 0 Å². The van der Waals surface area contributed by atoms with E-state index in [4.69, 9.17) is 10.5 Å². The molecule has 0 aromatic heterocycles. The number of nitrogens with zero attached hydrogens (tertiary/aromatic N) is 1. The van der Waals surface area contributed by atoms with Gasteiger partial charge in [-0.25, -0.2) is 4.39 Å². The molecule has 1 rings (SSSR count). The van der Waals surface area contributed by atoms with Gasteiger partial charge in [0.15, 0.2) is 0 Å².